The normalized spacial score (nSPS) is 18.1. The van der Waals surface area contributed by atoms with E-state index < -0.39 is 0 Å². The second kappa shape index (κ2) is 7.28. The number of nitrogens with zero attached hydrogens (tertiary/aromatic N) is 6. The summed E-state index contributed by atoms with van der Waals surface area (Å²) < 4.78 is 7.45. The molecule has 122 valence electrons. The van der Waals surface area contributed by atoms with Crippen molar-refractivity contribution in [2.24, 2.45) is 0 Å². The minimum atomic E-state index is -0.247. The van der Waals surface area contributed by atoms with Crippen molar-refractivity contribution in [3.63, 3.8) is 0 Å². The van der Waals surface area contributed by atoms with E-state index in [0.717, 1.165) is 12.1 Å². The molecule has 1 aliphatic heterocycles. The minimum Gasteiger partial charge on any atom is -0.367 e. The lowest BCUT2D eigenvalue weighted by molar-refractivity contribution is -0.139. The van der Waals surface area contributed by atoms with Crippen LogP contribution in [0.15, 0.2) is 24.9 Å². The second-order valence-corrected chi connectivity index (χ2v) is 5.52. The van der Waals surface area contributed by atoms with Crippen LogP contribution in [0.3, 0.4) is 0 Å². The number of aromatic nitrogens is 5. The molecule has 1 saturated heterocycles. The molecular formula is C15H20N6O2. The van der Waals surface area contributed by atoms with Crippen LogP contribution >= 0.6 is 0 Å². The highest BCUT2D eigenvalue weighted by molar-refractivity contribution is 5.76. The van der Waals surface area contributed by atoms with Gasteiger partial charge in [-0.1, -0.05) is 0 Å². The molecule has 0 bridgehead atoms. The van der Waals surface area contributed by atoms with E-state index in [2.05, 4.69) is 20.1 Å². The highest BCUT2D eigenvalue weighted by atomic mass is 16.5. The fourth-order valence-electron chi connectivity index (χ4n) is 2.55. The first-order valence-corrected chi connectivity index (χ1v) is 7.74. The van der Waals surface area contributed by atoms with Gasteiger partial charge in [-0.3, -0.25) is 9.48 Å². The molecule has 1 amide bonds. The largest absolute Gasteiger partial charge is 0.367 e. The Morgan fingerprint density at radius 2 is 2.39 bits per heavy atom. The van der Waals surface area contributed by atoms with Gasteiger partial charge in [0, 0.05) is 31.4 Å². The number of amides is 1. The Bertz CT molecular complexity index is 645. The predicted octanol–water partition coefficient (Wildman–Crippen LogP) is 0.757. The smallest absolute Gasteiger partial charge is 0.222 e. The van der Waals surface area contributed by atoms with E-state index in [0.29, 0.717) is 38.5 Å². The molecule has 3 rings (SSSR count). The average Bonchev–Trinajstić information content (AvgIpc) is 3.08. The van der Waals surface area contributed by atoms with Crippen LogP contribution in [-0.4, -0.2) is 55.2 Å². The molecule has 0 unspecified atom stereocenters. The summed E-state index contributed by atoms with van der Waals surface area (Å²) in [5, 5.41) is 4.03. The number of carbonyl (C=O) groups excluding carboxylic acids is 1. The molecule has 8 nitrogen and oxygen atoms in total. The summed E-state index contributed by atoms with van der Waals surface area (Å²) in [5.41, 5.74) is 0.898. The Hall–Kier alpha value is -2.35. The van der Waals surface area contributed by atoms with E-state index in [4.69, 9.17) is 4.74 Å². The average molecular weight is 316 g/mol. The zero-order valence-electron chi connectivity index (χ0n) is 13.1. The molecule has 0 aromatic carbocycles. The molecular weight excluding hydrogens is 296 g/mol. The predicted molar refractivity (Wildman–Crippen MR) is 81.3 cm³/mol. The molecule has 2 aromatic rings. The van der Waals surface area contributed by atoms with Gasteiger partial charge in [-0.15, -0.1) is 0 Å². The molecule has 3 heterocycles. The van der Waals surface area contributed by atoms with Gasteiger partial charge in [0.25, 0.3) is 0 Å². The van der Waals surface area contributed by atoms with Gasteiger partial charge in [-0.25, -0.2) is 15.0 Å². The van der Waals surface area contributed by atoms with Crippen LogP contribution in [0.5, 0.6) is 0 Å². The Balaban J connectivity index is 1.52. The van der Waals surface area contributed by atoms with Gasteiger partial charge >= 0.3 is 0 Å². The molecule has 1 aliphatic rings. The highest BCUT2D eigenvalue weighted by Gasteiger charge is 2.26. The Kier molecular flexibility index (Phi) is 4.92. The number of hydrogen-bond acceptors (Lipinski definition) is 6. The Labute approximate surface area is 134 Å². The number of carbonyl (C=O) groups is 1. The zero-order chi connectivity index (χ0) is 16.1. The van der Waals surface area contributed by atoms with E-state index in [-0.39, 0.29) is 12.0 Å². The number of aryl methyl sites for hydroxylation is 2. The summed E-state index contributed by atoms with van der Waals surface area (Å²) in [6, 6.07) is 1.85. The van der Waals surface area contributed by atoms with Gasteiger partial charge in [0.15, 0.2) is 5.82 Å². The molecule has 1 atom stereocenters. The summed E-state index contributed by atoms with van der Waals surface area (Å²) in [6.07, 6.45) is 5.86. The van der Waals surface area contributed by atoms with Crippen LogP contribution in [-0.2, 0) is 16.1 Å². The molecule has 2 aromatic heterocycles. The standard InChI is InChI=1S/C15H20N6O2/c1-12-4-5-17-15(19-12)13-9-20(7-8-23-13)14(22)3-2-6-21-11-16-10-18-21/h4-5,10-11,13H,2-3,6-9H2,1H3/t13-/m1/s1. The molecule has 0 radical (unpaired) electrons. The topological polar surface area (TPSA) is 86.0 Å². The van der Waals surface area contributed by atoms with Gasteiger partial charge in [-0.05, 0) is 19.4 Å². The van der Waals surface area contributed by atoms with Gasteiger partial charge in [0.2, 0.25) is 5.91 Å². The lowest BCUT2D eigenvalue weighted by atomic mass is 10.2. The molecule has 8 heteroatoms. The summed E-state index contributed by atoms with van der Waals surface area (Å²) in [5.74, 6) is 0.774. The maximum atomic E-state index is 12.4. The van der Waals surface area contributed by atoms with Crippen molar-refractivity contribution in [3.8, 4) is 0 Å². The van der Waals surface area contributed by atoms with E-state index in [1.54, 1.807) is 17.2 Å². The first kappa shape index (κ1) is 15.5. The SMILES string of the molecule is Cc1ccnc([C@H]2CN(C(=O)CCCn3cncn3)CCO2)n1. The summed E-state index contributed by atoms with van der Waals surface area (Å²) >= 11 is 0. The zero-order valence-corrected chi connectivity index (χ0v) is 13.1. The van der Waals surface area contributed by atoms with Gasteiger partial charge in [-0.2, -0.15) is 5.10 Å². The van der Waals surface area contributed by atoms with Gasteiger partial charge in [0.1, 0.15) is 18.8 Å². The van der Waals surface area contributed by atoms with Crippen molar-refractivity contribution < 1.29 is 9.53 Å². The van der Waals surface area contributed by atoms with Crippen molar-refractivity contribution in [2.45, 2.75) is 32.4 Å². The minimum absolute atomic E-state index is 0.131. The molecule has 0 saturated carbocycles. The summed E-state index contributed by atoms with van der Waals surface area (Å²) in [7, 11) is 0. The van der Waals surface area contributed by atoms with Crippen molar-refractivity contribution >= 4 is 5.91 Å². The van der Waals surface area contributed by atoms with E-state index in [1.165, 1.54) is 6.33 Å². The number of morpholine rings is 1. The molecule has 0 spiro atoms. The fourth-order valence-corrected chi connectivity index (χ4v) is 2.55. The summed E-state index contributed by atoms with van der Waals surface area (Å²) in [4.78, 5) is 26.7. The van der Waals surface area contributed by atoms with Crippen LogP contribution < -0.4 is 0 Å². The maximum Gasteiger partial charge on any atom is 0.222 e. The van der Waals surface area contributed by atoms with E-state index in [9.17, 15) is 4.79 Å². The number of rotatable bonds is 5. The number of ether oxygens (including phenoxy) is 1. The van der Waals surface area contributed by atoms with E-state index in [1.807, 2.05) is 17.9 Å². The second-order valence-electron chi connectivity index (χ2n) is 5.52. The number of hydrogen-bond donors (Lipinski definition) is 0. The highest BCUT2D eigenvalue weighted by Crippen LogP contribution is 2.19. The Morgan fingerprint density at radius 1 is 1.48 bits per heavy atom. The monoisotopic (exact) mass is 316 g/mol. The fraction of sp³-hybridized carbons (Fsp3) is 0.533. The van der Waals surface area contributed by atoms with Crippen LogP contribution in [0.2, 0.25) is 0 Å². The van der Waals surface area contributed by atoms with Crippen molar-refractivity contribution in [1.29, 1.82) is 0 Å². The third kappa shape index (κ3) is 4.10. The van der Waals surface area contributed by atoms with Crippen LogP contribution in [0.4, 0.5) is 0 Å². The maximum absolute atomic E-state index is 12.4. The molecule has 0 N–H and O–H groups in total. The lowest BCUT2D eigenvalue weighted by Crippen LogP contribution is -2.42. The lowest BCUT2D eigenvalue weighted by Gasteiger charge is -2.32. The molecule has 1 fully saturated rings. The van der Waals surface area contributed by atoms with E-state index >= 15 is 0 Å². The molecule has 23 heavy (non-hydrogen) atoms. The van der Waals surface area contributed by atoms with Crippen molar-refractivity contribution in [2.75, 3.05) is 19.7 Å². The summed E-state index contributed by atoms with van der Waals surface area (Å²) in [6.45, 7) is 4.24. The third-order valence-electron chi connectivity index (χ3n) is 3.77. The Morgan fingerprint density at radius 3 is 3.17 bits per heavy atom. The van der Waals surface area contributed by atoms with Crippen LogP contribution in [0, 0.1) is 6.92 Å². The van der Waals surface area contributed by atoms with Gasteiger partial charge in [0.05, 0.1) is 13.2 Å². The first-order chi connectivity index (χ1) is 11.2. The quantitative estimate of drug-likeness (QED) is 0.809. The van der Waals surface area contributed by atoms with Crippen molar-refractivity contribution in [1.82, 2.24) is 29.6 Å². The van der Waals surface area contributed by atoms with Gasteiger partial charge < -0.3 is 9.64 Å². The van der Waals surface area contributed by atoms with Crippen LogP contribution in [0.25, 0.3) is 0 Å². The van der Waals surface area contributed by atoms with Crippen LogP contribution in [0.1, 0.15) is 30.5 Å². The third-order valence-corrected chi connectivity index (χ3v) is 3.77. The first-order valence-electron chi connectivity index (χ1n) is 7.74. The molecule has 0 aliphatic carbocycles. The van der Waals surface area contributed by atoms with Crippen molar-refractivity contribution in [3.05, 3.63) is 36.4 Å².